The number of nitrogens with zero attached hydrogens (tertiary/aromatic N) is 5. The maximum Gasteiger partial charge on any atom is 0.229 e. The summed E-state index contributed by atoms with van der Waals surface area (Å²) in [6.07, 6.45) is 1.50. The molecule has 1 aliphatic rings. The number of rotatable bonds is 5. The van der Waals surface area contributed by atoms with Crippen LogP contribution >= 0.6 is 11.6 Å². The fourth-order valence-electron chi connectivity index (χ4n) is 4.17. The number of aromatic nitrogens is 4. The van der Waals surface area contributed by atoms with Crippen molar-refractivity contribution in [1.29, 1.82) is 0 Å². The average molecular weight is 478 g/mol. The van der Waals surface area contributed by atoms with Gasteiger partial charge in [0, 0.05) is 61.9 Å². The zero-order valence-electron chi connectivity index (χ0n) is 18.6. The molecule has 9 nitrogen and oxygen atoms in total. The highest BCUT2D eigenvalue weighted by atomic mass is 35.5. The predicted molar refractivity (Wildman–Crippen MR) is 134 cm³/mol. The van der Waals surface area contributed by atoms with E-state index < -0.39 is 0 Å². The normalized spacial score (nSPS) is 13.9. The minimum absolute atomic E-state index is 0.0728. The van der Waals surface area contributed by atoms with Gasteiger partial charge in [-0.15, -0.1) is 0 Å². The first-order valence-corrected chi connectivity index (χ1v) is 11.4. The van der Waals surface area contributed by atoms with Crippen molar-refractivity contribution in [2.75, 3.05) is 36.4 Å². The van der Waals surface area contributed by atoms with Gasteiger partial charge in [-0.25, -0.2) is 9.67 Å². The van der Waals surface area contributed by atoms with Crippen molar-refractivity contribution >= 4 is 40.0 Å². The lowest BCUT2D eigenvalue weighted by molar-refractivity contribution is 0.282. The first-order chi connectivity index (χ1) is 16.5. The molecule has 0 amide bonds. The van der Waals surface area contributed by atoms with Crippen LogP contribution in [0.4, 0.5) is 17.3 Å². The number of hydrogen-bond acceptors (Lipinski definition) is 8. The van der Waals surface area contributed by atoms with Crippen LogP contribution in [0.5, 0.6) is 0 Å². The molecule has 1 saturated heterocycles. The van der Waals surface area contributed by atoms with E-state index >= 15 is 0 Å². The molecule has 5 rings (SSSR count). The van der Waals surface area contributed by atoms with Gasteiger partial charge in [0.1, 0.15) is 5.69 Å². The Morgan fingerprint density at radius 2 is 1.97 bits per heavy atom. The predicted octanol–water partition coefficient (Wildman–Crippen LogP) is 2.69. The van der Waals surface area contributed by atoms with E-state index in [1.807, 2.05) is 24.3 Å². The second-order valence-corrected chi connectivity index (χ2v) is 8.48. The summed E-state index contributed by atoms with van der Waals surface area (Å²) in [5.41, 5.74) is 3.52. The molecule has 0 saturated carbocycles. The van der Waals surface area contributed by atoms with Gasteiger partial charge in [-0.3, -0.25) is 4.79 Å². The summed E-state index contributed by atoms with van der Waals surface area (Å²) < 4.78 is 1.55. The molecule has 0 spiro atoms. The zero-order valence-corrected chi connectivity index (χ0v) is 19.4. The summed E-state index contributed by atoms with van der Waals surface area (Å²) in [7, 11) is 1.73. The van der Waals surface area contributed by atoms with Gasteiger partial charge in [0.05, 0.1) is 17.0 Å². The standard InChI is InChI=1S/C24H24ClN7O2/c1-31-23-18(22(34)21(30-31)17-4-2-3-5-19(17)25)13-27-24(29-23)28-16-6-7-20(15(12-16)14-33)32-10-8-26-9-11-32/h2-7,12-13,26,33H,8-11,14H2,1H3,(H,27,28,29). The lowest BCUT2D eigenvalue weighted by Crippen LogP contribution is -2.43. The summed E-state index contributed by atoms with van der Waals surface area (Å²) in [6.45, 7) is 3.55. The molecule has 1 fully saturated rings. The van der Waals surface area contributed by atoms with Crippen molar-refractivity contribution in [2.24, 2.45) is 7.05 Å². The number of piperazine rings is 1. The second-order valence-electron chi connectivity index (χ2n) is 8.08. The van der Waals surface area contributed by atoms with Gasteiger partial charge >= 0.3 is 0 Å². The topological polar surface area (TPSA) is 108 Å². The highest BCUT2D eigenvalue weighted by Crippen LogP contribution is 2.27. The molecule has 34 heavy (non-hydrogen) atoms. The van der Waals surface area contributed by atoms with E-state index in [1.165, 1.54) is 6.20 Å². The van der Waals surface area contributed by atoms with Crippen LogP contribution in [0.3, 0.4) is 0 Å². The van der Waals surface area contributed by atoms with Crippen molar-refractivity contribution in [2.45, 2.75) is 6.61 Å². The third kappa shape index (κ3) is 4.21. The van der Waals surface area contributed by atoms with E-state index in [0.717, 1.165) is 43.1 Å². The fourth-order valence-corrected chi connectivity index (χ4v) is 4.40. The van der Waals surface area contributed by atoms with Crippen LogP contribution in [-0.4, -0.2) is 51.0 Å². The van der Waals surface area contributed by atoms with Crippen LogP contribution < -0.4 is 21.0 Å². The number of aliphatic hydroxyl groups excluding tert-OH is 1. The summed E-state index contributed by atoms with van der Waals surface area (Å²) >= 11 is 6.28. The number of benzene rings is 2. The van der Waals surface area contributed by atoms with Crippen molar-refractivity contribution < 1.29 is 5.11 Å². The molecule has 2 aromatic heterocycles. The van der Waals surface area contributed by atoms with Crippen molar-refractivity contribution in [3.63, 3.8) is 0 Å². The van der Waals surface area contributed by atoms with E-state index in [0.29, 0.717) is 27.6 Å². The maximum atomic E-state index is 13.1. The third-order valence-electron chi connectivity index (χ3n) is 5.88. The third-order valence-corrected chi connectivity index (χ3v) is 6.21. The highest BCUT2D eigenvalue weighted by molar-refractivity contribution is 6.33. The minimum atomic E-state index is -0.282. The summed E-state index contributed by atoms with van der Waals surface area (Å²) in [6, 6.07) is 12.9. The highest BCUT2D eigenvalue weighted by Gasteiger charge is 2.17. The smallest absolute Gasteiger partial charge is 0.229 e. The number of aryl methyl sites for hydroxylation is 1. The van der Waals surface area contributed by atoms with Crippen LogP contribution in [0.25, 0.3) is 22.3 Å². The van der Waals surface area contributed by atoms with Gasteiger partial charge in [0.25, 0.3) is 0 Å². The molecule has 0 unspecified atom stereocenters. The molecular weight excluding hydrogens is 454 g/mol. The average Bonchev–Trinajstić information content (AvgIpc) is 2.87. The van der Waals surface area contributed by atoms with Gasteiger partial charge in [0.2, 0.25) is 11.4 Å². The molecule has 3 heterocycles. The summed E-state index contributed by atoms with van der Waals surface area (Å²) in [5, 5.41) is 21.7. The van der Waals surface area contributed by atoms with E-state index in [4.69, 9.17) is 11.6 Å². The molecule has 0 bridgehead atoms. The Morgan fingerprint density at radius 3 is 2.74 bits per heavy atom. The van der Waals surface area contributed by atoms with E-state index in [-0.39, 0.29) is 17.7 Å². The molecule has 0 radical (unpaired) electrons. The lowest BCUT2D eigenvalue weighted by Gasteiger charge is -2.31. The van der Waals surface area contributed by atoms with Gasteiger partial charge < -0.3 is 20.6 Å². The summed E-state index contributed by atoms with van der Waals surface area (Å²) in [5.74, 6) is 0.327. The first kappa shape index (κ1) is 22.3. The Bertz CT molecular complexity index is 1420. The van der Waals surface area contributed by atoms with Gasteiger partial charge in [-0.05, 0) is 24.3 Å². The van der Waals surface area contributed by atoms with Crippen LogP contribution in [0, 0.1) is 0 Å². The van der Waals surface area contributed by atoms with E-state index in [1.54, 1.807) is 29.9 Å². The largest absolute Gasteiger partial charge is 0.392 e. The minimum Gasteiger partial charge on any atom is -0.392 e. The Morgan fingerprint density at radius 1 is 1.18 bits per heavy atom. The van der Waals surface area contributed by atoms with Crippen molar-refractivity contribution in [1.82, 2.24) is 25.1 Å². The van der Waals surface area contributed by atoms with Crippen LogP contribution in [0.15, 0.2) is 53.5 Å². The molecule has 2 aromatic carbocycles. The van der Waals surface area contributed by atoms with Crippen LogP contribution in [0.1, 0.15) is 5.56 Å². The number of halogens is 1. The Kier molecular flexibility index (Phi) is 6.14. The molecule has 1 aliphatic heterocycles. The van der Waals surface area contributed by atoms with E-state index in [9.17, 15) is 9.90 Å². The van der Waals surface area contributed by atoms with Gasteiger partial charge in [0.15, 0.2) is 5.65 Å². The first-order valence-electron chi connectivity index (χ1n) is 11.0. The number of anilines is 3. The SMILES string of the molecule is Cn1nc(-c2ccccc2Cl)c(=O)c2cnc(Nc3ccc(N4CCNCC4)c(CO)c3)nc21. The van der Waals surface area contributed by atoms with Gasteiger partial charge in [-0.1, -0.05) is 29.8 Å². The Balaban J connectivity index is 1.47. The lowest BCUT2D eigenvalue weighted by atomic mass is 10.1. The monoisotopic (exact) mass is 477 g/mol. The molecule has 10 heteroatoms. The molecule has 0 aliphatic carbocycles. The Hall–Kier alpha value is -3.53. The molecular formula is C24H24ClN7O2. The molecule has 3 N–H and O–H groups in total. The van der Waals surface area contributed by atoms with Crippen molar-refractivity contribution in [3.8, 4) is 11.3 Å². The number of hydrogen-bond donors (Lipinski definition) is 3. The quantitative estimate of drug-likeness (QED) is 0.402. The van der Waals surface area contributed by atoms with Crippen molar-refractivity contribution in [3.05, 3.63) is 69.5 Å². The van der Waals surface area contributed by atoms with Crippen LogP contribution in [-0.2, 0) is 13.7 Å². The number of fused-ring (bicyclic) bond motifs is 1. The number of aliphatic hydroxyl groups is 1. The zero-order chi connectivity index (χ0) is 23.7. The molecule has 4 aromatic rings. The second kappa shape index (κ2) is 9.38. The molecule has 174 valence electrons. The van der Waals surface area contributed by atoms with Gasteiger partial charge in [-0.2, -0.15) is 10.1 Å². The molecule has 0 atom stereocenters. The fraction of sp³-hybridized carbons (Fsp3) is 0.250. The van der Waals surface area contributed by atoms with Crippen LogP contribution in [0.2, 0.25) is 5.02 Å². The summed E-state index contributed by atoms with van der Waals surface area (Å²) in [4.78, 5) is 24.2. The van der Waals surface area contributed by atoms with E-state index in [2.05, 4.69) is 30.6 Å². The number of nitrogens with one attached hydrogen (secondary N) is 2. The maximum absolute atomic E-state index is 13.1. The Labute approximate surface area is 201 Å².